The molecule has 0 fully saturated rings. The van der Waals surface area contributed by atoms with E-state index >= 15 is 0 Å². The Balaban J connectivity index is 1.82. The molecule has 0 saturated carbocycles. The van der Waals surface area contributed by atoms with Crippen molar-refractivity contribution >= 4 is 16.9 Å². The fraction of sp³-hybridized carbons (Fsp3) is 0.238. The third kappa shape index (κ3) is 3.96. The topological polar surface area (TPSA) is 107 Å². The van der Waals surface area contributed by atoms with Crippen LogP contribution in [0.2, 0.25) is 0 Å². The highest BCUT2D eigenvalue weighted by molar-refractivity contribution is 6.00. The van der Waals surface area contributed by atoms with Crippen LogP contribution >= 0.6 is 0 Å². The molecule has 0 atom stereocenters. The van der Waals surface area contributed by atoms with Crippen molar-refractivity contribution in [1.82, 2.24) is 30.0 Å². The summed E-state index contributed by atoms with van der Waals surface area (Å²) < 4.78 is 37.9. The molecule has 11 heteroatoms. The smallest absolute Gasteiger partial charge is 0.387 e. The number of ether oxygens (including phenoxy) is 2. The van der Waals surface area contributed by atoms with E-state index in [2.05, 4.69) is 30.2 Å². The molecule has 32 heavy (non-hydrogen) atoms. The first-order valence-electron chi connectivity index (χ1n) is 9.73. The Morgan fingerprint density at radius 2 is 2.00 bits per heavy atom. The molecular weight excluding hydrogens is 422 g/mol. The van der Waals surface area contributed by atoms with Crippen molar-refractivity contribution in [2.45, 2.75) is 20.5 Å². The number of carbonyl (C=O) groups excluding carboxylic acids is 1. The summed E-state index contributed by atoms with van der Waals surface area (Å²) in [5, 5.41) is 10.6. The quantitative estimate of drug-likeness (QED) is 0.454. The minimum atomic E-state index is -3.12. The van der Waals surface area contributed by atoms with Crippen LogP contribution in [-0.2, 0) is 0 Å². The number of H-pyrrole nitrogens is 1. The SMILES string of the molecule is CCNC(=O)c1c(OC)cc(-n2cnc3cc(-c4nnc(C)[nH]4)ccc32)cc1OC(F)F. The Labute approximate surface area is 181 Å². The summed E-state index contributed by atoms with van der Waals surface area (Å²) in [5.41, 5.74) is 2.50. The molecule has 0 aliphatic rings. The molecule has 166 valence electrons. The summed E-state index contributed by atoms with van der Waals surface area (Å²) >= 11 is 0. The lowest BCUT2D eigenvalue weighted by atomic mass is 10.1. The second-order valence-electron chi connectivity index (χ2n) is 6.84. The van der Waals surface area contributed by atoms with Gasteiger partial charge in [-0.2, -0.15) is 8.78 Å². The van der Waals surface area contributed by atoms with Crippen molar-refractivity contribution < 1.29 is 23.0 Å². The van der Waals surface area contributed by atoms with Gasteiger partial charge in [-0.05, 0) is 32.0 Å². The molecule has 0 spiro atoms. The van der Waals surface area contributed by atoms with E-state index in [0.29, 0.717) is 34.9 Å². The van der Waals surface area contributed by atoms with Crippen LogP contribution in [0.4, 0.5) is 8.78 Å². The van der Waals surface area contributed by atoms with Crippen molar-refractivity contribution in [3.05, 3.63) is 48.0 Å². The van der Waals surface area contributed by atoms with Crippen molar-refractivity contribution in [3.63, 3.8) is 0 Å². The van der Waals surface area contributed by atoms with Crippen molar-refractivity contribution in [2.24, 2.45) is 0 Å². The highest BCUT2D eigenvalue weighted by Gasteiger charge is 2.23. The molecule has 0 aliphatic heterocycles. The van der Waals surface area contributed by atoms with Crippen LogP contribution in [0.1, 0.15) is 23.1 Å². The zero-order valence-electron chi connectivity index (χ0n) is 17.5. The van der Waals surface area contributed by atoms with Crippen molar-refractivity contribution in [2.75, 3.05) is 13.7 Å². The molecule has 4 rings (SSSR count). The van der Waals surface area contributed by atoms with Crippen molar-refractivity contribution in [3.8, 4) is 28.6 Å². The largest absolute Gasteiger partial charge is 0.496 e. The minimum absolute atomic E-state index is 0.0969. The monoisotopic (exact) mass is 442 g/mol. The first kappa shape index (κ1) is 21.2. The van der Waals surface area contributed by atoms with Gasteiger partial charge in [0.2, 0.25) is 0 Å². The van der Waals surface area contributed by atoms with Gasteiger partial charge in [0.05, 0.1) is 23.8 Å². The number of aromatic nitrogens is 5. The van der Waals surface area contributed by atoms with Crippen LogP contribution in [-0.4, -0.2) is 50.9 Å². The number of fused-ring (bicyclic) bond motifs is 1. The maximum Gasteiger partial charge on any atom is 0.387 e. The van der Waals surface area contributed by atoms with E-state index in [9.17, 15) is 13.6 Å². The molecule has 2 aromatic heterocycles. The number of alkyl halides is 2. The fourth-order valence-corrected chi connectivity index (χ4v) is 3.38. The maximum absolute atomic E-state index is 13.1. The average molecular weight is 442 g/mol. The van der Waals surface area contributed by atoms with Gasteiger partial charge in [0.15, 0.2) is 5.82 Å². The molecule has 9 nitrogen and oxygen atoms in total. The Kier molecular flexibility index (Phi) is 5.71. The molecular formula is C21H20F2N6O3. The first-order valence-corrected chi connectivity index (χ1v) is 9.73. The highest BCUT2D eigenvalue weighted by atomic mass is 19.3. The number of aromatic amines is 1. The molecule has 0 radical (unpaired) electrons. The molecule has 0 unspecified atom stereocenters. The first-order chi connectivity index (χ1) is 15.4. The van der Waals surface area contributed by atoms with E-state index in [0.717, 1.165) is 5.56 Å². The standard InChI is InChI=1S/C21H20F2N6O3/c1-4-24-20(30)18-16(31-3)8-13(9-17(18)32-21(22)23)29-10-25-14-7-12(5-6-15(14)29)19-26-11(2)27-28-19/h5-10,21H,4H2,1-3H3,(H,24,30)(H,26,27,28). The number of hydrogen-bond donors (Lipinski definition) is 2. The van der Waals surface area contributed by atoms with Gasteiger partial charge in [0, 0.05) is 24.2 Å². The van der Waals surface area contributed by atoms with E-state index in [1.165, 1.54) is 13.2 Å². The van der Waals surface area contributed by atoms with Gasteiger partial charge in [0.25, 0.3) is 5.91 Å². The zero-order valence-corrected chi connectivity index (χ0v) is 17.5. The number of nitrogens with zero attached hydrogens (tertiary/aromatic N) is 4. The fourth-order valence-electron chi connectivity index (χ4n) is 3.38. The second-order valence-corrected chi connectivity index (χ2v) is 6.84. The predicted octanol–water partition coefficient (Wildman–Crippen LogP) is 3.48. The number of nitrogens with one attached hydrogen (secondary N) is 2. The number of methoxy groups -OCH3 is 1. The summed E-state index contributed by atoms with van der Waals surface area (Å²) in [6, 6.07) is 8.43. The Morgan fingerprint density at radius 3 is 2.66 bits per heavy atom. The number of rotatable bonds is 7. The summed E-state index contributed by atoms with van der Waals surface area (Å²) in [6.07, 6.45) is 1.55. The molecule has 0 saturated heterocycles. The van der Waals surface area contributed by atoms with Gasteiger partial charge >= 0.3 is 6.61 Å². The summed E-state index contributed by atoms with van der Waals surface area (Å²) in [6.45, 7) is 0.728. The lowest BCUT2D eigenvalue weighted by Crippen LogP contribution is -2.24. The second kappa shape index (κ2) is 8.61. The van der Waals surface area contributed by atoms with Gasteiger partial charge in [0.1, 0.15) is 29.2 Å². The molecule has 0 bridgehead atoms. The number of imidazole rings is 1. The summed E-state index contributed by atoms with van der Waals surface area (Å²) in [4.78, 5) is 19.9. The number of benzene rings is 2. The number of hydrogen-bond acceptors (Lipinski definition) is 6. The summed E-state index contributed by atoms with van der Waals surface area (Å²) in [5.74, 6) is 0.528. The van der Waals surface area contributed by atoms with Gasteiger partial charge in [-0.25, -0.2) is 4.98 Å². The average Bonchev–Trinajstić information content (AvgIpc) is 3.38. The lowest BCUT2D eigenvalue weighted by molar-refractivity contribution is -0.0502. The molecule has 2 N–H and O–H groups in total. The lowest BCUT2D eigenvalue weighted by Gasteiger charge is -2.16. The van der Waals surface area contributed by atoms with Crippen LogP contribution in [0, 0.1) is 6.92 Å². The van der Waals surface area contributed by atoms with Crippen LogP contribution in [0.15, 0.2) is 36.7 Å². The number of aryl methyl sites for hydroxylation is 1. The van der Waals surface area contributed by atoms with E-state index in [1.54, 1.807) is 30.8 Å². The number of amides is 1. The molecule has 2 heterocycles. The maximum atomic E-state index is 13.1. The van der Waals surface area contributed by atoms with Gasteiger partial charge in [-0.1, -0.05) is 0 Å². The minimum Gasteiger partial charge on any atom is -0.496 e. The third-order valence-electron chi connectivity index (χ3n) is 4.75. The Morgan fingerprint density at radius 1 is 1.22 bits per heavy atom. The molecule has 1 amide bonds. The van der Waals surface area contributed by atoms with Crippen LogP contribution < -0.4 is 14.8 Å². The molecule has 2 aromatic carbocycles. The van der Waals surface area contributed by atoms with E-state index in [4.69, 9.17) is 4.74 Å². The van der Waals surface area contributed by atoms with Crippen LogP contribution in [0.3, 0.4) is 0 Å². The molecule has 0 aliphatic carbocycles. The Bertz CT molecular complexity index is 1280. The normalized spacial score (nSPS) is 11.2. The highest BCUT2D eigenvalue weighted by Crippen LogP contribution is 2.34. The summed E-state index contributed by atoms with van der Waals surface area (Å²) in [7, 11) is 1.35. The number of carbonyl (C=O) groups is 1. The van der Waals surface area contributed by atoms with E-state index in [1.807, 2.05) is 18.2 Å². The Hall–Kier alpha value is -4.02. The van der Waals surface area contributed by atoms with Gasteiger partial charge in [-0.15, -0.1) is 10.2 Å². The zero-order chi connectivity index (χ0) is 22.8. The third-order valence-corrected chi connectivity index (χ3v) is 4.75. The van der Waals surface area contributed by atoms with Crippen LogP contribution in [0.5, 0.6) is 11.5 Å². The van der Waals surface area contributed by atoms with Crippen LogP contribution in [0.25, 0.3) is 28.1 Å². The van der Waals surface area contributed by atoms with E-state index in [-0.39, 0.29) is 17.1 Å². The van der Waals surface area contributed by atoms with E-state index < -0.39 is 12.5 Å². The van der Waals surface area contributed by atoms with Gasteiger partial charge in [-0.3, -0.25) is 9.36 Å². The molecule has 4 aromatic rings. The number of halogens is 2. The van der Waals surface area contributed by atoms with Crippen molar-refractivity contribution in [1.29, 1.82) is 0 Å². The van der Waals surface area contributed by atoms with Gasteiger partial charge < -0.3 is 19.8 Å². The predicted molar refractivity (Wildman–Crippen MR) is 112 cm³/mol.